The lowest BCUT2D eigenvalue weighted by atomic mass is 9.85. The Hall–Kier alpha value is -0.120. The van der Waals surface area contributed by atoms with Gasteiger partial charge in [0.2, 0.25) is 0 Å². The Morgan fingerprint density at radius 2 is 1.89 bits per heavy atom. The summed E-state index contributed by atoms with van der Waals surface area (Å²) in [5.74, 6) is 0. The highest BCUT2D eigenvalue weighted by Crippen LogP contribution is 2.23. The predicted octanol–water partition coefficient (Wildman–Crippen LogP) is 2.43. The molecule has 0 aromatic rings. The molecule has 1 atom stereocenters. The Morgan fingerprint density at radius 3 is 2.47 bits per heavy atom. The normalized spacial score (nSPS) is 20.1. The molecule has 114 valence electrons. The van der Waals surface area contributed by atoms with Crippen LogP contribution in [0.2, 0.25) is 0 Å². The third-order valence-corrected chi connectivity index (χ3v) is 4.30. The SMILES string of the molecule is CCCC(C)(CNCC)CN(C)CCN1CCCC1. The molecule has 1 saturated heterocycles. The van der Waals surface area contributed by atoms with E-state index in [2.05, 4.69) is 42.9 Å². The topological polar surface area (TPSA) is 18.5 Å². The molecule has 0 amide bonds. The van der Waals surface area contributed by atoms with E-state index in [1.54, 1.807) is 0 Å². The summed E-state index contributed by atoms with van der Waals surface area (Å²) >= 11 is 0. The van der Waals surface area contributed by atoms with Crippen LogP contribution in [0.1, 0.15) is 46.5 Å². The minimum Gasteiger partial charge on any atom is -0.316 e. The van der Waals surface area contributed by atoms with Gasteiger partial charge in [-0.1, -0.05) is 27.2 Å². The number of hydrogen-bond acceptors (Lipinski definition) is 3. The van der Waals surface area contributed by atoms with Crippen molar-refractivity contribution in [1.29, 1.82) is 0 Å². The van der Waals surface area contributed by atoms with E-state index in [0.29, 0.717) is 5.41 Å². The van der Waals surface area contributed by atoms with Crippen LogP contribution in [-0.4, -0.2) is 62.7 Å². The lowest BCUT2D eigenvalue weighted by molar-refractivity contribution is 0.160. The van der Waals surface area contributed by atoms with E-state index < -0.39 is 0 Å². The third-order valence-electron chi connectivity index (χ3n) is 4.30. The second-order valence-electron chi connectivity index (χ2n) is 6.63. The molecule has 19 heavy (non-hydrogen) atoms. The summed E-state index contributed by atoms with van der Waals surface area (Å²) in [5.41, 5.74) is 0.421. The van der Waals surface area contributed by atoms with Crippen LogP contribution in [0.25, 0.3) is 0 Å². The van der Waals surface area contributed by atoms with Gasteiger partial charge in [0.05, 0.1) is 0 Å². The van der Waals surface area contributed by atoms with E-state index in [0.717, 1.165) is 13.1 Å². The monoisotopic (exact) mass is 269 g/mol. The van der Waals surface area contributed by atoms with Crippen molar-refractivity contribution in [3.63, 3.8) is 0 Å². The summed E-state index contributed by atoms with van der Waals surface area (Å²) in [7, 11) is 2.29. The van der Waals surface area contributed by atoms with E-state index in [9.17, 15) is 0 Å². The Balaban J connectivity index is 2.30. The van der Waals surface area contributed by atoms with Crippen LogP contribution < -0.4 is 5.32 Å². The fourth-order valence-corrected chi connectivity index (χ4v) is 3.30. The maximum atomic E-state index is 3.54. The average Bonchev–Trinajstić information content (AvgIpc) is 2.87. The van der Waals surface area contributed by atoms with Gasteiger partial charge in [0.1, 0.15) is 0 Å². The van der Waals surface area contributed by atoms with Crippen molar-refractivity contribution in [1.82, 2.24) is 15.1 Å². The van der Waals surface area contributed by atoms with Gasteiger partial charge in [-0.2, -0.15) is 0 Å². The summed E-state index contributed by atoms with van der Waals surface area (Å²) in [6.45, 7) is 15.5. The smallest absolute Gasteiger partial charge is 0.0109 e. The second kappa shape index (κ2) is 8.93. The number of nitrogens with zero attached hydrogens (tertiary/aromatic N) is 2. The summed E-state index contributed by atoms with van der Waals surface area (Å²) in [5, 5.41) is 3.54. The zero-order valence-electron chi connectivity index (χ0n) is 13.7. The van der Waals surface area contributed by atoms with Crippen LogP contribution in [0, 0.1) is 5.41 Å². The Labute approximate surface area is 120 Å². The van der Waals surface area contributed by atoms with Crippen molar-refractivity contribution >= 4 is 0 Å². The van der Waals surface area contributed by atoms with E-state index in [4.69, 9.17) is 0 Å². The minimum absolute atomic E-state index is 0.421. The Morgan fingerprint density at radius 1 is 1.21 bits per heavy atom. The number of likely N-dealkylation sites (N-methyl/N-ethyl adjacent to an activating group) is 1. The first kappa shape index (κ1) is 16.9. The van der Waals surface area contributed by atoms with E-state index >= 15 is 0 Å². The van der Waals surface area contributed by atoms with Gasteiger partial charge >= 0.3 is 0 Å². The second-order valence-corrected chi connectivity index (χ2v) is 6.63. The van der Waals surface area contributed by atoms with Gasteiger partial charge in [0.25, 0.3) is 0 Å². The van der Waals surface area contributed by atoms with Gasteiger partial charge in [0, 0.05) is 26.2 Å². The van der Waals surface area contributed by atoms with Crippen LogP contribution in [0.5, 0.6) is 0 Å². The maximum absolute atomic E-state index is 3.54. The van der Waals surface area contributed by atoms with Crippen LogP contribution in [0.15, 0.2) is 0 Å². The number of hydrogen-bond donors (Lipinski definition) is 1. The van der Waals surface area contributed by atoms with Crippen LogP contribution >= 0.6 is 0 Å². The highest BCUT2D eigenvalue weighted by molar-refractivity contribution is 4.80. The molecule has 1 aliphatic rings. The van der Waals surface area contributed by atoms with E-state index in [-0.39, 0.29) is 0 Å². The highest BCUT2D eigenvalue weighted by atomic mass is 15.2. The fourth-order valence-electron chi connectivity index (χ4n) is 3.30. The van der Waals surface area contributed by atoms with Crippen molar-refractivity contribution < 1.29 is 0 Å². The van der Waals surface area contributed by atoms with Crippen molar-refractivity contribution in [2.45, 2.75) is 46.5 Å². The summed E-state index contributed by atoms with van der Waals surface area (Å²) < 4.78 is 0. The minimum atomic E-state index is 0.421. The molecule has 0 radical (unpaired) electrons. The molecule has 0 aromatic heterocycles. The molecular formula is C16H35N3. The molecule has 1 aliphatic heterocycles. The summed E-state index contributed by atoms with van der Waals surface area (Å²) in [6, 6.07) is 0. The molecular weight excluding hydrogens is 234 g/mol. The van der Waals surface area contributed by atoms with Crippen molar-refractivity contribution in [3.8, 4) is 0 Å². The van der Waals surface area contributed by atoms with Crippen molar-refractivity contribution in [2.24, 2.45) is 5.41 Å². The van der Waals surface area contributed by atoms with Crippen molar-refractivity contribution in [3.05, 3.63) is 0 Å². The fraction of sp³-hybridized carbons (Fsp3) is 1.00. The molecule has 0 aromatic carbocycles. The van der Waals surface area contributed by atoms with Crippen LogP contribution in [0.3, 0.4) is 0 Å². The molecule has 1 fully saturated rings. The largest absolute Gasteiger partial charge is 0.316 e. The number of likely N-dealkylation sites (tertiary alicyclic amines) is 1. The van der Waals surface area contributed by atoms with Crippen LogP contribution in [0.4, 0.5) is 0 Å². The molecule has 1 unspecified atom stereocenters. The van der Waals surface area contributed by atoms with Gasteiger partial charge < -0.3 is 15.1 Å². The molecule has 3 nitrogen and oxygen atoms in total. The number of nitrogens with one attached hydrogen (secondary N) is 1. The molecule has 0 saturated carbocycles. The van der Waals surface area contributed by atoms with Gasteiger partial charge in [-0.05, 0) is 51.4 Å². The van der Waals surface area contributed by atoms with Gasteiger partial charge in [-0.3, -0.25) is 0 Å². The molecule has 0 aliphatic carbocycles. The first-order valence-corrected chi connectivity index (χ1v) is 8.21. The van der Waals surface area contributed by atoms with Gasteiger partial charge in [0.15, 0.2) is 0 Å². The van der Waals surface area contributed by atoms with E-state index in [1.807, 2.05) is 0 Å². The molecule has 1 heterocycles. The quantitative estimate of drug-likeness (QED) is 0.657. The molecule has 0 bridgehead atoms. The molecule has 3 heteroatoms. The first-order chi connectivity index (χ1) is 9.09. The zero-order valence-corrected chi connectivity index (χ0v) is 13.7. The number of rotatable bonds is 10. The Kier molecular flexibility index (Phi) is 7.96. The first-order valence-electron chi connectivity index (χ1n) is 8.21. The zero-order chi connectivity index (χ0) is 14.1. The molecule has 1 rings (SSSR count). The predicted molar refractivity (Wildman–Crippen MR) is 84.7 cm³/mol. The molecule has 1 N–H and O–H groups in total. The Bertz CT molecular complexity index is 226. The maximum Gasteiger partial charge on any atom is 0.0109 e. The van der Waals surface area contributed by atoms with Crippen molar-refractivity contribution in [2.75, 3.05) is 52.9 Å². The lowest BCUT2D eigenvalue weighted by Gasteiger charge is -2.34. The van der Waals surface area contributed by atoms with Gasteiger partial charge in [-0.15, -0.1) is 0 Å². The van der Waals surface area contributed by atoms with E-state index in [1.165, 1.54) is 58.4 Å². The standard InChI is InChI=1S/C16H35N3/c1-5-9-16(3,14-17-6-2)15-18(4)12-13-19-10-7-8-11-19/h17H,5-15H2,1-4H3. The van der Waals surface area contributed by atoms with Gasteiger partial charge in [-0.25, -0.2) is 0 Å². The van der Waals surface area contributed by atoms with Crippen LogP contribution in [-0.2, 0) is 0 Å². The lowest BCUT2D eigenvalue weighted by Crippen LogP contribution is -2.43. The summed E-state index contributed by atoms with van der Waals surface area (Å²) in [6.07, 6.45) is 5.39. The third kappa shape index (κ3) is 6.73. The summed E-state index contributed by atoms with van der Waals surface area (Å²) in [4.78, 5) is 5.14. The average molecular weight is 269 g/mol. The highest BCUT2D eigenvalue weighted by Gasteiger charge is 2.24. The molecule has 0 spiro atoms.